The lowest BCUT2D eigenvalue weighted by molar-refractivity contribution is -0.139. The molecule has 3 rings (SSSR count). The van der Waals surface area contributed by atoms with E-state index in [1.807, 2.05) is 52.9 Å². The van der Waals surface area contributed by atoms with E-state index in [1.165, 1.54) is 13.3 Å². The van der Waals surface area contributed by atoms with Crippen LogP contribution in [-0.4, -0.2) is 44.2 Å². The minimum absolute atomic E-state index is 0.232. The molecule has 12 heteroatoms. The number of nitrogens with one attached hydrogen (secondary N) is 3. The quantitative estimate of drug-likeness (QED) is 0.128. The van der Waals surface area contributed by atoms with Gasteiger partial charge in [-0.2, -0.15) is 5.10 Å². The van der Waals surface area contributed by atoms with Crippen LogP contribution >= 0.6 is 45.8 Å². The Kier molecular flexibility index (Phi) is 11.2. The summed E-state index contributed by atoms with van der Waals surface area (Å²) in [5.74, 6) is -1.42. The van der Waals surface area contributed by atoms with Crippen molar-refractivity contribution in [1.82, 2.24) is 10.7 Å². The van der Waals surface area contributed by atoms with Crippen LogP contribution in [0.1, 0.15) is 11.1 Å². The highest BCUT2D eigenvalue weighted by Gasteiger charge is 2.15. The van der Waals surface area contributed by atoms with Crippen LogP contribution in [0, 0.1) is 3.57 Å². The van der Waals surface area contributed by atoms with Crippen molar-refractivity contribution in [3.63, 3.8) is 0 Å². The van der Waals surface area contributed by atoms with Gasteiger partial charge >= 0.3 is 11.8 Å². The van der Waals surface area contributed by atoms with Crippen LogP contribution in [0.2, 0.25) is 10.0 Å². The zero-order chi connectivity index (χ0) is 27.5. The minimum atomic E-state index is -0.887. The van der Waals surface area contributed by atoms with Crippen LogP contribution in [0.3, 0.4) is 0 Å². The molecule has 0 aromatic heterocycles. The Balaban J connectivity index is 1.52. The van der Waals surface area contributed by atoms with Gasteiger partial charge < -0.3 is 20.1 Å². The van der Waals surface area contributed by atoms with Gasteiger partial charge in [-0.3, -0.25) is 14.4 Å². The number of amides is 3. The third kappa shape index (κ3) is 8.61. The summed E-state index contributed by atoms with van der Waals surface area (Å²) in [7, 11) is 1.45. The summed E-state index contributed by atoms with van der Waals surface area (Å²) in [6, 6.07) is 17.8. The largest absolute Gasteiger partial charge is 0.493 e. The smallest absolute Gasteiger partial charge is 0.329 e. The molecule has 9 nitrogen and oxygen atoms in total. The van der Waals surface area contributed by atoms with Crippen LogP contribution < -0.4 is 25.5 Å². The fourth-order valence-corrected chi connectivity index (χ4v) is 4.27. The van der Waals surface area contributed by atoms with Crippen molar-refractivity contribution in [3.8, 4) is 11.5 Å². The van der Waals surface area contributed by atoms with Crippen molar-refractivity contribution in [2.45, 2.75) is 6.42 Å². The minimum Gasteiger partial charge on any atom is -0.493 e. The van der Waals surface area contributed by atoms with E-state index in [-0.39, 0.29) is 11.6 Å². The van der Waals surface area contributed by atoms with Crippen LogP contribution in [0.4, 0.5) is 5.69 Å². The third-order valence-electron chi connectivity index (χ3n) is 4.95. The highest BCUT2D eigenvalue weighted by Crippen LogP contribution is 2.34. The molecule has 0 spiro atoms. The van der Waals surface area contributed by atoms with Crippen molar-refractivity contribution >= 4 is 75.4 Å². The molecule has 0 bridgehead atoms. The topological polar surface area (TPSA) is 118 Å². The predicted octanol–water partition coefficient (Wildman–Crippen LogP) is 4.43. The number of hydrogen-bond acceptors (Lipinski definition) is 6. The first-order valence-corrected chi connectivity index (χ1v) is 13.0. The Morgan fingerprint density at radius 2 is 1.79 bits per heavy atom. The maximum Gasteiger partial charge on any atom is 0.329 e. The predicted molar refractivity (Wildman–Crippen MR) is 155 cm³/mol. The standard InChI is InChI=1S/C26H23Cl2IN4O5/c1-37-21-13-17(14-31-33-26(36)25(35)30-11-10-16-6-3-2-4-7-16)12-19(29)24(21)38-15-22(34)32-20-9-5-8-18(27)23(20)28/h2-9,12-14H,10-11,15H2,1H3,(H,30,35)(H,32,34)(H,33,36)/b31-14+. The average molecular weight is 669 g/mol. The summed E-state index contributed by atoms with van der Waals surface area (Å²) in [6.07, 6.45) is 1.96. The summed E-state index contributed by atoms with van der Waals surface area (Å²) in [4.78, 5) is 36.3. The van der Waals surface area contributed by atoms with Gasteiger partial charge in [0.2, 0.25) is 0 Å². The lowest BCUT2D eigenvalue weighted by Crippen LogP contribution is -2.38. The first kappa shape index (κ1) is 29.2. The number of halogens is 3. The lowest BCUT2D eigenvalue weighted by Gasteiger charge is -2.14. The zero-order valence-corrected chi connectivity index (χ0v) is 23.8. The number of benzene rings is 3. The fourth-order valence-electron chi connectivity index (χ4n) is 3.14. The molecule has 0 radical (unpaired) electrons. The van der Waals surface area contributed by atoms with Crippen molar-refractivity contribution in [3.05, 3.63) is 85.4 Å². The molecular formula is C26H23Cl2IN4O5. The van der Waals surface area contributed by atoms with Crippen molar-refractivity contribution < 1.29 is 23.9 Å². The number of carbonyl (C=O) groups excluding carboxylic acids is 3. The Labute approximate surface area is 243 Å². The second-order valence-electron chi connectivity index (χ2n) is 7.66. The van der Waals surface area contributed by atoms with Gasteiger partial charge in [-0.05, 0) is 64.4 Å². The SMILES string of the molecule is COc1cc(/C=N/NC(=O)C(=O)NCCc2ccccc2)cc(I)c1OCC(=O)Nc1cccc(Cl)c1Cl. The summed E-state index contributed by atoms with van der Waals surface area (Å²) < 4.78 is 11.7. The molecule has 0 unspecified atom stereocenters. The van der Waals surface area contributed by atoms with Crippen LogP contribution in [-0.2, 0) is 20.8 Å². The molecule has 0 heterocycles. The molecule has 0 aliphatic rings. The molecule has 38 heavy (non-hydrogen) atoms. The molecule has 0 aliphatic carbocycles. The summed E-state index contributed by atoms with van der Waals surface area (Å²) in [5.41, 5.74) is 4.18. The van der Waals surface area contributed by atoms with E-state index >= 15 is 0 Å². The van der Waals surface area contributed by atoms with Gasteiger partial charge in [0.05, 0.1) is 32.6 Å². The highest BCUT2D eigenvalue weighted by molar-refractivity contribution is 14.1. The first-order valence-electron chi connectivity index (χ1n) is 11.2. The molecule has 3 aromatic carbocycles. The second kappa shape index (κ2) is 14.6. The molecular weight excluding hydrogens is 646 g/mol. The van der Waals surface area contributed by atoms with E-state index in [1.54, 1.807) is 30.3 Å². The van der Waals surface area contributed by atoms with E-state index in [9.17, 15) is 14.4 Å². The second-order valence-corrected chi connectivity index (χ2v) is 9.61. The molecule has 0 saturated carbocycles. The molecule has 3 amide bonds. The number of rotatable bonds is 10. The van der Waals surface area contributed by atoms with E-state index in [0.29, 0.717) is 44.3 Å². The normalized spacial score (nSPS) is 10.6. The number of methoxy groups -OCH3 is 1. The third-order valence-corrected chi connectivity index (χ3v) is 6.57. The number of carbonyl (C=O) groups is 3. The summed E-state index contributed by atoms with van der Waals surface area (Å²) >= 11 is 14.1. The maximum absolute atomic E-state index is 12.4. The Morgan fingerprint density at radius 3 is 2.53 bits per heavy atom. The summed E-state index contributed by atoms with van der Waals surface area (Å²) in [6.45, 7) is 0.0130. The molecule has 0 atom stereocenters. The van der Waals surface area contributed by atoms with E-state index in [0.717, 1.165) is 5.56 Å². The monoisotopic (exact) mass is 668 g/mol. The van der Waals surface area contributed by atoms with Gasteiger partial charge in [0.25, 0.3) is 5.91 Å². The van der Waals surface area contributed by atoms with Crippen molar-refractivity contribution in [2.75, 3.05) is 25.6 Å². The number of hydrogen-bond donors (Lipinski definition) is 3. The first-order chi connectivity index (χ1) is 18.3. The molecule has 0 saturated heterocycles. The van der Waals surface area contributed by atoms with Crippen LogP contribution in [0.25, 0.3) is 0 Å². The molecule has 0 aliphatic heterocycles. The van der Waals surface area contributed by atoms with Crippen LogP contribution in [0.5, 0.6) is 11.5 Å². The average Bonchev–Trinajstić information content (AvgIpc) is 2.90. The maximum atomic E-state index is 12.4. The van der Waals surface area contributed by atoms with Crippen molar-refractivity contribution in [2.24, 2.45) is 5.10 Å². The lowest BCUT2D eigenvalue weighted by atomic mass is 10.1. The molecule has 3 aromatic rings. The van der Waals surface area contributed by atoms with Gasteiger partial charge in [0.1, 0.15) is 0 Å². The van der Waals surface area contributed by atoms with Gasteiger partial charge in [-0.15, -0.1) is 0 Å². The van der Waals surface area contributed by atoms with Gasteiger partial charge in [-0.1, -0.05) is 59.6 Å². The number of anilines is 1. The Bertz CT molecular complexity index is 1340. The van der Waals surface area contributed by atoms with Gasteiger partial charge in [0, 0.05) is 6.54 Å². The van der Waals surface area contributed by atoms with Crippen LogP contribution in [0.15, 0.2) is 65.8 Å². The number of hydrazone groups is 1. The molecule has 198 valence electrons. The van der Waals surface area contributed by atoms with E-state index < -0.39 is 17.7 Å². The Hall–Kier alpha value is -3.35. The zero-order valence-electron chi connectivity index (χ0n) is 20.1. The molecule has 3 N–H and O–H groups in total. The number of nitrogens with zero attached hydrogens (tertiary/aromatic N) is 1. The highest BCUT2D eigenvalue weighted by atomic mass is 127. The van der Waals surface area contributed by atoms with E-state index in [4.69, 9.17) is 32.7 Å². The fraction of sp³-hybridized carbons (Fsp3) is 0.154. The van der Waals surface area contributed by atoms with E-state index in [2.05, 4.69) is 21.2 Å². The van der Waals surface area contributed by atoms with Crippen molar-refractivity contribution in [1.29, 1.82) is 0 Å². The van der Waals surface area contributed by atoms with Gasteiger partial charge in [-0.25, -0.2) is 5.43 Å². The summed E-state index contributed by atoms with van der Waals surface area (Å²) in [5, 5.41) is 9.58. The number of ether oxygens (including phenoxy) is 2. The Morgan fingerprint density at radius 1 is 1.03 bits per heavy atom. The molecule has 0 fully saturated rings. The van der Waals surface area contributed by atoms with Gasteiger partial charge in [0.15, 0.2) is 18.1 Å².